The van der Waals surface area contributed by atoms with Crippen LogP contribution in [0.5, 0.6) is 0 Å². The van der Waals surface area contributed by atoms with E-state index in [-0.39, 0.29) is 0 Å². The van der Waals surface area contributed by atoms with E-state index in [0.29, 0.717) is 5.92 Å². The third-order valence-corrected chi connectivity index (χ3v) is 3.10. The normalized spacial score (nSPS) is 22.2. The van der Waals surface area contributed by atoms with Crippen LogP contribution in [-0.2, 0) is 0 Å². The van der Waals surface area contributed by atoms with E-state index in [2.05, 4.69) is 5.32 Å². The summed E-state index contributed by atoms with van der Waals surface area (Å²) in [6.45, 7) is 2.14. The number of hydrogen-bond acceptors (Lipinski definition) is 2. The summed E-state index contributed by atoms with van der Waals surface area (Å²) in [5.74, 6) is 0.528. The van der Waals surface area contributed by atoms with Crippen LogP contribution in [0.2, 0.25) is 5.02 Å². The van der Waals surface area contributed by atoms with Crippen molar-refractivity contribution in [2.75, 3.05) is 18.8 Å². The molecule has 1 aromatic rings. The van der Waals surface area contributed by atoms with Crippen molar-refractivity contribution in [1.82, 2.24) is 5.32 Å². The molecule has 0 saturated carbocycles. The van der Waals surface area contributed by atoms with Crippen molar-refractivity contribution < 1.29 is 0 Å². The first-order valence-electron chi connectivity index (χ1n) is 5.03. The van der Waals surface area contributed by atoms with Crippen LogP contribution in [0.3, 0.4) is 0 Å². The number of piperidine rings is 1. The summed E-state index contributed by atoms with van der Waals surface area (Å²) in [6, 6.07) is 5.74. The Labute approximate surface area is 89.4 Å². The fourth-order valence-corrected chi connectivity index (χ4v) is 2.26. The van der Waals surface area contributed by atoms with Gasteiger partial charge in [-0.3, -0.25) is 0 Å². The molecular weight excluding hydrogens is 196 g/mol. The second-order valence-electron chi connectivity index (χ2n) is 3.82. The molecule has 0 amide bonds. The second kappa shape index (κ2) is 4.20. The molecule has 2 rings (SSSR count). The van der Waals surface area contributed by atoms with Crippen molar-refractivity contribution in [3.8, 4) is 0 Å². The van der Waals surface area contributed by atoms with Crippen LogP contribution >= 0.6 is 11.6 Å². The molecule has 1 atom stereocenters. The molecule has 76 valence electrons. The molecule has 1 heterocycles. The zero-order chi connectivity index (χ0) is 9.97. The molecule has 3 N–H and O–H groups in total. The highest BCUT2D eigenvalue weighted by atomic mass is 35.5. The van der Waals surface area contributed by atoms with E-state index < -0.39 is 0 Å². The van der Waals surface area contributed by atoms with Gasteiger partial charge in [-0.15, -0.1) is 0 Å². The maximum Gasteiger partial charge on any atom is 0.0442 e. The van der Waals surface area contributed by atoms with Gasteiger partial charge in [0, 0.05) is 17.3 Å². The molecule has 0 bridgehead atoms. The van der Waals surface area contributed by atoms with Gasteiger partial charge in [-0.2, -0.15) is 0 Å². The number of nitrogens with one attached hydrogen (secondary N) is 1. The van der Waals surface area contributed by atoms with Gasteiger partial charge >= 0.3 is 0 Å². The van der Waals surface area contributed by atoms with Gasteiger partial charge in [-0.25, -0.2) is 0 Å². The lowest BCUT2D eigenvalue weighted by Gasteiger charge is -2.24. The fourth-order valence-electron chi connectivity index (χ4n) is 1.99. The van der Waals surface area contributed by atoms with E-state index in [4.69, 9.17) is 17.3 Å². The molecule has 1 saturated heterocycles. The third-order valence-electron chi connectivity index (χ3n) is 2.76. The van der Waals surface area contributed by atoms with Crippen molar-refractivity contribution >= 4 is 17.3 Å². The Morgan fingerprint density at radius 3 is 3.00 bits per heavy atom. The summed E-state index contributed by atoms with van der Waals surface area (Å²) in [7, 11) is 0. The predicted molar refractivity (Wildman–Crippen MR) is 60.7 cm³/mol. The molecule has 1 unspecified atom stereocenters. The minimum atomic E-state index is 0.528. The van der Waals surface area contributed by atoms with Crippen LogP contribution in [0.1, 0.15) is 24.3 Å². The fraction of sp³-hybridized carbons (Fsp3) is 0.455. The molecule has 1 aliphatic heterocycles. The first kappa shape index (κ1) is 9.81. The molecule has 2 nitrogen and oxygen atoms in total. The van der Waals surface area contributed by atoms with Crippen LogP contribution in [-0.4, -0.2) is 13.1 Å². The topological polar surface area (TPSA) is 38.0 Å². The number of hydrogen-bond donors (Lipinski definition) is 2. The lowest BCUT2D eigenvalue weighted by Crippen LogP contribution is -2.28. The largest absolute Gasteiger partial charge is 0.399 e. The summed E-state index contributed by atoms with van der Waals surface area (Å²) >= 11 is 6.15. The molecule has 1 aromatic carbocycles. The highest BCUT2D eigenvalue weighted by molar-refractivity contribution is 6.31. The average molecular weight is 211 g/mol. The number of nitrogen functional groups attached to an aromatic ring is 1. The Morgan fingerprint density at radius 1 is 1.43 bits per heavy atom. The Hall–Kier alpha value is -0.730. The van der Waals surface area contributed by atoms with Crippen molar-refractivity contribution in [2.45, 2.75) is 18.8 Å². The second-order valence-corrected chi connectivity index (χ2v) is 4.23. The summed E-state index contributed by atoms with van der Waals surface area (Å²) in [6.07, 6.45) is 2.42. The molecule has 0 aromatic heterocycles. The summed E-state index contributed by atoms with van der Waals surface area (Å²) < 4.78 is 0. The highest BCUT2D eigenvalue weighted by Gasteiger charge is 2.17. The van der Waals surface area contributed by atoms with E-state index in [9.17, 15) is 0 Å². The number of halogens is 1. The Morgan fingerprint density at radius 2 is 2.29 bits per heavy atom. The van der Waals surface area contributed by atoms with Gasteiger partial charge < -0.3 is 11.1 Å². The lowest BCUT2D eigenvalue weighted by molar-refractivity contribution is 0.462. The van der Waals surface area contributed by atoms with Gasteiger partial charge in [-0.05, 0) is 49.1 Å². The first-order valence-corrected chi connectivity index (χ1v) is 5.41. The third kappa shape index (κ3) is 2.02. The van der Waals surface area contributed by atoms with Crippen molar-refractivity contribution in [3.05, 3.63) is 28.8 Å². The van der Waals surface area contributed by atoms with Gasteiger partial charge in [0.25, 0.3) is 0 Å². The molecule has 3 heteroatoms. The van der Waals surface area contributed by atoms with Crippen molar-refractivity contribution in [1.29, 1.82) is 0 Å². The van der Waals surface area contributed by atoms with Gasteiger partial charge in [0.15, 0.2) is 0 Å². The van der Waals surface area contributed by atoms with Gasteiger partial charge in [-0.1, -0.05) is 11.6 Å². The number of nitrogens with two attached hydrogens (primary N) is 1. The van der Waals surface area contributed by atoms with Gasteiger partial charge in [0.2, 0.25) is 0 Å². The highest BCUT2D eigenvalue weighted by Crippen LogP contribution is 2.30. The van der Waals surface area contributed by atoms with Crippen LogP contribution in [0.4, 0.5) is 5.69 Å². The quantitative estimate of drug-likeness (QED) is 0.699. The molecule has 0 aliphatic carbocycles. The summed E-state index contributed by atoms with van der Waals surface area (Å²) in [5, 5.41) is 4.22. The van der Waals surface area contributed by atoms with E-state index in [1.54, 1.807) is 0 Å². The average Bonchev–Trinajstić information content (AvgIpc) is 2.23. The van der Waals surface area contributed by atoms with Crippen molar-refractivity contribution in [2.24, 2.45) is 0 Å². The van der Waals surface area contributed by atoms with Crippen LogP contribution in [0.25, 0.3) is 0 Å². The maximum absolute atomic E-state index is 6.15. The van der Waals surface area contributed by atoms with E-state index >= 15 is 0 Å². The van der Waals surface area contributed by atoms with E-state index in [1.165, 1.54) is 18.4 Å². The molecular formula is C11H15ClN2. The number of benzene rings is 1. The zero-order valence-corrected chi connectivity index (χ0v) is 8.85. The summed E-state index contributed by atoms with van der Waals surface area (Å²) in [4.78, 5) is 0. The summed E-state index contributed by atoms with van der Waals surface area (Å²) in [5.41, 5.74) is 7.75. The van der Waals surface area contributed by atoms with Crippen LogP contribution < -0.4 is 11.1 Å². The number of anilines is 1. The lowest BCUT2D eigenvalue weighted by atomic mass is 9.91. The zero-order valence-electron chi connectivity index (χ0n) is 8.09. The Bertz CT molecular complexity index is 319. The number of rotatable bonds is 1. The molecule has 0 radical (unpaired) electrons. The first-order chi connectivity index (χ1) is 6.77. The maximum atomic E-state index is 6.15. The Balaban J connectivity index is 2.24. The van der Waals surface area contributed by atoms with Gasteiger partial charge in [0.1, 0.15) is 0 Å². The van der Waals surface area contributed by atoms with E-state index in [1.807, 2.05) is 18.2 Å². The molecule has 14 heavy (non-hydrogen) atoms. The Kier molecular flexibility index (Phi) is 2.94. The molecule has 1 fully saturated rings. The SMILES string of the molecule is Nc1ccc(Cl)c(C2CCCNC2)c1. The van der Waals surface area contributed by atoms with Crippen molar-refractivity contribution in [3.63, 3.8) is 0 Å². The smallest absolute Gasteiger partial charge is 0.0442 e. The standard InChI is InChI=1S/C11H15ClN2/c12-11-4-3-9(13)6-10(11)8-2-1-5-14-7-8/h3-4,6,8,14H,1-2,5,7,13H2. The predicted octanol–water partition coefficient (Wildman–Crippen LogP) is 2.39. The monoisotopic (exact) mass is 210 g/mol. The van der Waals surface area contributed by atoms with Gasteiger partial charge in [0.05, 0.1) is 0 Å². The van der Waals surface area contributed by atoms with E-state index in [0.717, 1.165) is 23.8 Å². The van der Waals surface area contributed by atoms with Crippen LogP contribution in [0, 0.1) is 0 Å². The molecule has 1 aliphatic rings. The van der Waals surface area contributed by atoms with Crippen LogP contribution in [0.15, 0.2) is 18.2 Å². The minimum Gasteiger partial charge on any atom is -0.399 e. The minimum absolute atomic E-state index is 0.528. The molecule has 0 spiro atoms.